The van der Waals surface area contributed by atoms with Gasteiger partial charge < -0.3 is 5.43 Å². The quantitative estimate of drug-likeness (QED) is 0.430. The Kier molecular flexibility index (Phi) is 2.97. The minimum Gasteiger partial charge on any atom is -0.313 e. The van der Waals surface area contributed by atoms with E-state index in [1.807, 2.05) is 0 Å². The summed E-state index contributed by atoms with van der Waals surface area (Å²) in [7, 11) is 1.66. The van der Waals surface area contributed by atoms with Gasteiger partial charge in [-0.15, -0.1) is 0 Å². The van der Waals surface area contributed by atoms with Crippen LogP contribution in [0.5, 0.6) is 0 Å². The molecule has 0 saturated heterocycles. The van der Waals surface area contributed by atoms with E-state index in [0.717, 1.165) is 0 Å². The molecule has 0 bridgehead atoms. The molecule has 0 atom stereocenters. The number of nitrogens with zero attached hydrogens (tertiary/aromatic N) is 2. The first-order valence-electron chi connectivity index (χ1n) is 3.68. The molecule has 0 spiro atoms. The van der Waals surface area contributed by atoms with Gasteiger partial charge >= 0.3 is 0 Å². The zero-order valence-corrected chi connectivity index (χ0v) is 7.10. The third kappa shape index (κ3) is 2.55. The van der Waals surface area contributed by atoms with Crippen molar-refractivity contribution in [1.29, 1.82) is 0 Å². The molecule has 68 valence electrons. The second-order valence-corrected chi connectivity index (χ2v) is 2.33. The fraction of sp³-hybridized carbons (Fsp3) is 0.125. The van der Waals surface area contributed by atoms with Gasteiger partial charge in [0.15, 0.2) is 0 Å². The van der Waals surface area contributed by atoms with Crippen LogP contribution in [-0.2, 0) is 0 Å². The summed E-state index contributed by atoms with van der Waals surface area (Å²) in [6.45, 7) is 0. The molecular formula is C8H9N3O2. The van der Waals surface area contributed by atoms with Gasteiger partial charge in [-0.25, -0.2) is 0 Å². The number of nitro benzene ring substituents is 1. The third-order valence-electron chi connectivity index (χ3n) is 1.42. The first-order chi connectivity index (χ1) is 6.24. The van der Waals surface area contributed by atoms with E-state index >= 15 is 0 Å². The molecule has 1 aromatic rings. The SMILES string of the molecule is CN/N=C/c1cccc([N+](=O)[O-])c1. The summed E-state index contributed by atoms with van der Waals surface area (Å²) in [5, 5.41) is 14.1. The zero-order chi connectivity index (χ0) is 9.68. The molecule has 0 aliphatic carbocycles. The van der Waals surface area contributed by atoms with Gasteiger partial charge in [-0.2, -0.15) is 5.10 Å². The van der Waals surface area contributed by atoms with Crippen molar-refractivity contribution in [3.05, 3.63) is 39.9 Å². The van der Waals surface area contributed by atoms with Crippen LogP contribution in [0.2, 0.25) is 0 Å². The van der Waals surface area contributed by atoms with Gasteiger partial charge in [0.2, 0.25) is 0 Å². The highest BCUT2D eigenvalue weighted by molar-refractivity contribution is 5.80. The smallest absolute Gasteiger partial charge is 0.270 e. The van der Waals surface area contributed by atoms with E-state index in [0.29, 0.717) is 5.56 Å². The molecule has 0 unspecified atom stereocenters. The number of hydrazone groups is 1. The average Bonchev–Trinajstić information content (AvgIpc) is 2.15. The van der Waals surface area contributed by atoms with Crippen molar-refractivity contribution in [1.82, 2.24) is 5.43 Å². The van der Waals surface area contributed by atoms with Crippen LogP contribution in [0.4, 0.5) is 5.69 Å². The fourth-order valence-electron chi connectivity index (χ4n) is 0.858. The highest BCUT2D eigenvalue weighted by Crippen LogP contribution is 2.11. The van der Waals surface area contributed by atoms with E-state index in [2.05, 4.69) is 10.5 Å². The van der Waals surface area contributed by atoms with Crippen LogP contribution in [0.15, 0.2) is 29.4 Å². The molecule has 5 nitrogen and oxygen atoms in total. The summed E-state index contributed by atoms with van der Waals surface area (Å²) < 4.78 is 0. The highest BCUT2D eigenvalue weighted by Gasteiger charge is 2.03. The third-order valence-corrected chi connectivity index (χ3v) is 1.42. The lowest BCUT2D eigenvalue weighted by Crippen LogP contribution is -1.95. The van der Waals surface area contributed by atoms with E-state index in [1.165, 1.54) is 18.3 Å². The summed E-state index contributed by atoms with van der Waals surface area (Å²) in [4.78, 5) is 9.94. The van der Waals surface area contributed by atoms with Crippen molar-refractivity contribution < 1.29 is 4.92 Å². The molecule has 0 heterocycles. The van der Waals surface area contributed by atoms with Crippen molar-refractivity contribution in [3.63, 3.8) is 0 Å². The average molecular weight is 179 g/mol. The molecule has 1 aromatic carbocycles. The number of hydrogen-bond donors (Lipinski definition) is 1. The Morgan fingerprint density at radius 2 is 2.38 bits per heavy atom. The van der Waals surface area contributed by atoms with E-state index in [9.17, 15) is 10.1 Å². The molecule has 0 amide bonds. The first-order valence-corrected chi connectivity index (χ1v) is 3.68. The van der Waals surface area contributed by atoms with Gasteiger partial charge in [0.1, 0.15) is 0 Å². The Labute approximate surface area is 75.2 Å². The van der Waals surface area contributed by atoms with Gasteiger partial charge in [0, 0.05) is 24.7 Å². The van der Waals surface area contributed by atoms with Gasteiger partial charge in [-0.1, -0.05) is 12.1 Å². The van der Waals surface area contributed by atoms with Crippen molar-refractivity contribution in [2.75, 3.05) is 7.05 Å². The van der Waals surface area contributed by atoms with Crippen LogP contribution in [0.25, 0.3) is 0 Å². The predicted molar refractivity (Wildman–Crippen MR) is 49.8 cm³/mol. The maximum absolute atomic E-state index is 10.4. The van der Waals surface area contributed by atoms with Crippen LogP contribution < -0.4 is 5.43 Å². The summed E-state index contributed by atoms with van der Waals surface area (Å²) in [6, 6.07) is 6.26. The van der Waals surface area contributed by atoms with Crippen molar-refractivity contribution in [2.24, 2.45) is 5.10 Å². The van der Waals surface area contributed by atoms with Crippen LogP contribution in [0.1, 0.15) is 5.56 Å². The molecule has 5 heteroatoms. The number of rotatable bonds is 3. The summed E-state index contributed by atoms with van der Waals surface area (Å²) in [5.74, 6) is 0. The van der Waals surface area contributed by atoms with E-state index in [1.54, 1.807) is 19.2 Å². The fourth-order valence-corrected chi connectivity index (χ4v) is 0.858. The molecule has 0 radical (unpaired) electrons. The molecule has 0 aliphatic rings. The van der Waals surface area contributed by atoms with E-state index in [4.69, 9.17) is 0 Å². The van der Waals surface area contributed by atoms with Gasteiger partial charge in [-0.3, -0.25) is 10.1 Å². The number of nitro groups is 1. The predicted octanol–water partition coefficient (Wildman–Crippen LogP) is 1.15. The lowest BCUT2D eigenvalue weighted by Gasteiger charge is -1.93. The lowest BCUT2D eigenvalue weighted by molar-refractivity contribution is -0.384. The first kappa shape index (κ1) is 9.18. The van der Waals surface area contributed by atoms with Gasteiger partial charge in [0.05, 0.1) is 11.1 Å². The number of nitrogens with one attached hydrogen (secondary N) is 1. The Bertz CT molecular complexity index is 336. The number of non-ortho nitro benzene ring substituents is 1. The monoisotopic (exact) mass is 179 g/mol. The van der Waals surface area contributed by atoms with E-state index in [-0.39, 0.29) is 5.69 Å². The van der Waals surface area contributed by atoms with Crippen LogP contribution >= 0.6 is 0 Å². The molecule has 0 fully saturated rings. The second kappa shape index (κ2) is 4.20. The van der Waals surface area contributed by atoms with Gasteiger partial charge in [0.25, 0.3) is 5.69 Å². The van der Waals surface area contributed by atoms with Crippen LogP contribution in [-0.4, -0.2) is 18.2 Å². The number of hydrogen-bond acceptors (Lipinski definition) is 4. The minimum atomic E-state index is -0.434. The van der Waals surface area contributed by atoms with Gasteiger partial charge in [-0.05, 0) is 0 Å². The molecule has 1 rings (SSSR count). The summed E-state index contributed by atoms with van der Waals surface area (Å²) in [5.41, 5.74) is 3.33. The Balaban J connectivity index is 2.92. The molecule has 0 saturated carbocycles. The second-order valence-electron chi connectivity index (χ2n) is 2.33. The van der Waals surface area contributed by atoms with Crippen LogP contribution in [0, 0.1) is 10.1 Å². The summed E-state index contributed by atoms with van der Waals surface area (Å²) >= 11 is 0. The molecule has 1 N–H and O–H groups in total. The Hall–Kier alpha value is -1.91. The van der Waals surface area contributed by atoms with E-state index < -0.39 is 4.92 Å². The summed E-state index contributed by atoms with van der Waals surface area (Å²) in [6.07, 6.45) is 1.52. The maximum Gasteiger partial charge on any atom is 0.270 e. The Morgan fingerprint density at radius 1 is 1.62 bits per heavy atom. The topological polar surface area (TPSA) is 67.5 Å². The molecule has 0 aliphatic heterocycles. The maximum atomic E-state index is 10.4. The van der Waals surface area contributed by atoms with Crippen molar-refractivity contribution in [2.45, 2.75) is 0 Å². The standard InChI is InChI=1S/C8H9N3O2/c1-9-10-6-7-3-2-4-8(5-7)11(12)13/h2-6,9H,1H3/b10-6+. The zero-order valence-electron chi connectivity index (χ0n) is 7.10. The molecule has 0 aromatic heterocycles. The number of benzene rings is 1. The van der Waals surface area contributed by atoms with Crippen molar-refractivity contribution in [3.8, 4) is 0 Å². The normalized spacial score (nSPS) is 10.2. The Morgan fingerprint density at radius 3 is 3.00 bits per heavy atom. The minimum absolute atomic E-state index is 0.0695. The lowest BCUT2D eigenvalue weighted by atomic mass is 10.2. The highest BCUT2D eigenvalue weighted by atomic mass is 16.6. The van der Waals surface area contributed by atoms with Crippen LogP contribution in [0.3, 0.4) is 0 Å². The largest absolute Gasteiger partial charge is 0.313 e. The molecular weight excluding hydrogens is 170 g/mol. The van der Waals surface area contributed by atoms with Crippen molar-refractivity contribution >= 4 is 11.9 Å². The molecule has 13 heavy (non-hydrogen) atoms.